The minimum atomic E-state index is 0.0549. The van der Waals surface area contributed by atoms with Gasteiger partial charge in [-0.2, -0.15) is 0 Å². The molecule has 0 unspecified atom stereocenters. The molecule has 1 rings (SSSR count). The van der Waals surface area contributed by atoms with E-state index in [1.165, 1.54) is 0 Å². The summed E-state index contributed by atoms with van der Waals surface area (Å²) in [6.45, 7) is 3.55. The molecule has 0 spiro atoms. The summed E-state index contributed by atoms with van der Waals surface area (Å²) in [5, 5.41) is 3.30. The molecule has 4 nitrogen and oxygen atoms in total. The van der Waals surface area contributed by atoms with Crippen molar-refractivity contribution in [3.63, 3.8) is 0 Å². The highest BCUT2D eigenvalue weighted by molar-refractivity contribution is 4.93. The molecule has 0 atom stereocenters. The van der Waals surface area contributed by atoms with Gasteiger partial charge in [-0.05, 0) is 13.0 Å². The van der Waals surface area contributed by atoms with Gasteiger partial charge in [-0.15, -0.1) is 0 Å². The van der Waals surface area contributed by atoms with Crippen LogP contribution in [0.2, 0.25) is 0 Å². The van der Waals surface area contributed by atoms with Crippen molar-refractivity contribution in [2.75, 3.05) is 26.8 Å². The molecule has 84 valence electrons. The molecule has 0 saturated heterocycles. The van der Waals surface area contributed by atoms with Crippen molar-refractivity contribution in [2.45, 2.75) is 13.0 Å². The van der Waals surface area contributed by atoms with Gasteiger partial charge in [0, 0.05) is 51.3 Å². The van der Waals surface area contributed by atoms with Crippen LogP contribution in [0.3, 0.4) is 0 Å². The zero-order valence-electron chi connectivity index (χ0n) is 9.11. The van der Waals surface area contributed by atoms with Crippen LogP contribution in [0.1, 0.15) is 6.42 Å². The van der Waals surface area contributed by atoms with E-state index in [1.54, 1.807) is 31.6 Å². The van der Waals surface area contributed by atoms with Crippen LogP contribution in [0.4, 0.5) is 0 Å². The molecule has 15 heavy (non-hydrogen) atoms. The van der Waals surface area contributed by atoms with Crippen LogP contribution in [-0.2, 0) is 11.3 Å². The van der Waals surface area contributed by atoms with Crippen molar-refractivity contribution >= 4 is 0 Å². The Labute approximate surface area is 89.9 Å². The number of rotatable bonds is 7. The number of nitrogens with one attached hydrogen (secondary N) is 1. The average Bonchev–Trinajstić information content (AvgIpc) is 2.26. The highest BCUT2D eigenvalue weighted by Gasteiger charge is 1.90. The predicted molar refractivity (Wildman–Crippen MR) is 60.1 cm³/mol. The van der Waals surface area contributed by atoms with Crippen LogP contribution in [0.5, 0.6) is 0 Å². The average molecular weight is 210 g/mol. The van der Waals surface area contributed by atoms with Gasteiger partial charge in [0.05, 0.1) is 0 Å². The minimum Gasteiger partial charge on any atom is -0.385 e. The number of pyridine rings is 1. The lowest BCUT2D eigenvalue weighted by molar-refractivity contribution is 0.194. The van der Waals surface area contributed by atoms with Gasteiger partial charge in [-0.25, -0.2) is 0 Å². The maximum atomic E-state index is 10.8. The first-order chi connectivity index (χ1) is 7.33. The van der Waals surface area contributed by atoms with Gasteiger partial charge in [0.2, 0.25) is 0 Å². The Hall–Kier alpha value is -1.13. The van der Waals surface area contributed by atoms with Crippen LogP contribution in [-0.4, -0.2) is 31.4 Å². The Morgan fingerprint density at radius 1 is 1.33 bits per heavy atom. The summed E-state index contributed by atoms with van der Waals surface area (Å²) in [5.41, 5.74) is 0.0549. The van der Waals surface area contributed by atoms with Crippen molar-refractivity contribution in [3.05, 3.63) is 34.7 Å². The van der Waals surface area contributed by atoms with Crippen molar-refractivity contribution in [2.24, 2.45) is 0 Å². The Bertz CT molecular complexity index is 302. The first kappa shape index (κ1) is 11.9. The lowest BCUT2D eigenvalue weighted by Crippen LogP contribution is -2.22. The van der Waals surface area contributed by atoms with E-state index < -0.39 is 0 Å². The normalized spacial score (nSPS) is 10.5. The number of ether oxygens (including phenoxy) is 1. The summed E-state index contributed by atoms with van der Waals surface area (Å²) in [6.07, 6.45) is 4.64. The van der Waals surface area contributed by atoms with Crippen molar-refractivity contribution in [1.29, 1.82) is 0 Å². The van der Waals surface area contributed by atoms with Gasteiger partial charge in [-0.1, -0.05) is 0 Å². The predicted octanol–water partition coefficient (Wildman–Crippen LogP) is 0.474. The van der Waals surface area contributed by atoms with E-state index in [1.807, 2.05) is 4.57 Å². The fraction of sp³-hybridized carbons (Fsp3) is 0.545. The van der Waals surface area contributed by atoms with Gasteiger partial charge in [0.15, 0.2) is 5.43 Å². The van der Waals surface area contributed by atoms with Gasteiger partial charge in [-0.3, -0.25) is 4.79 Å². The van der Waals surface area contributed by atoms with Crippen LogP contribution in [0.25, 0.3) is 0 Å². The molecule has 0 radical (unpaired) electrons. The van der Waals surface area contributed by atoms with Crippen LogP contribution >= 0.6 is 0 Å². The molecule has 1 heterocycles. The Morgan fingerprint density at radius 2 is 2.07 bits per heavy atom. The van der Waals surface area contributed by atoms with Gasteiger partial charge < -0.3 is 14.6 Å². The third kappa shape index (κ3) is 5.34. The van der Waals surface area contributed by atoms with E-state index in [0.717, 1.165) is 32.7 Å². The second-order valence-corrected chi connectivity index (χ2v) is 3.37. The molecule has 4 heteroatoms. The summed E-state index contributed by atoms with van der Waals surface area (Å²) in [4.78, 5) is 10.8. The van der Waals surface area contributed by atoms with E-state index in [-0.39, 0.29) is 5.43 Å². The molecular formula is C11H18N2O2. The summed E-state index contributed by atoms with van der Waals surface area (Å²) < 4.78 is 6.93. The molecule has 0 saturated carbocycles. The molecule has 0 amide bonds. The number of nitrogens with zero attached hydrogens (tertiary/aromatic N) is 1. The van der Waals surface area contributed by atoms with Crippen molar-refractivity contribution in [3.8, 4) is 0 Å². The SMILES string of the molecule is COCCCNCCn1ccc(=O)cc1. The molecular weight excluding hydrogens is 192 g/mol. The number of hydrogen-bond acceptors (Lipinski definition) is 3. The Morgan fingerprint density at radius 3 is 2.73 bits per heavy atom. The molecule has 0 fully saturated rings. The molecule has 1 N–H and O–H groups in total. The standard InChI is InChI=1S/C11H18N2O2/c1-15-10-2-5-12-6-9-13-7-3-11(14)4-8-13/h3-4,7-8,12H,2,5-6,9-10H2,1H3. The lowest BCUT2D eigenvalue weighted by Gasteiger charge is -2.06. The van der Waals surface area contributed by atoms with Crippen molar-refractivity contribution < 1.29 is 4.74 Å². The molecule has 0 aromatic carbocycles. The largest absolute Gasteiger partial charge is 0.385 e. The van der Waals surface area contributed by atoms with E-state index in [2.05, 4.69) is 5.32 Å². The van der Waals surface area contributed by atoms with Gasteiger partial charge >= 0.3 is 0 Å². The third-order valence-corrected chi connectivity index (χ3v) is 2.11. The van der Waals surface area contributed by atoms with E-state index >= 15 is 0 Å². The second-order valence-electron chi connectivity index (χ2n) is 3.37. The topological polar surface area (TPSA) is 43.3 Å². The zero-order chi connectivity index (χ0) is 10.9. The maximum absolute atomic E-state index is 10.8. The Balaban J connectivity index is 2.10. The number of aromatic nitrogens is 1. The summed E-state index contributed by atoms with van der Waals surface area (Å²) in [5.74, 6) is 0. The quantitative estimate of drug-likeness (QED) is 0.665. The molecule has 0 aliphatic carbocycles. The third-order valence-electron chi connectivity index (χ3n) is 2.11. The van der Waals surface area contributed by atoms with E-state index in [4.69, 9.17) is 4.74 Å². The molecule has 1 aromatic heterocycles. The van der Waals surface area contributed by atoms with Crippen LogP contribution < -0.4 is 10.7 Å². The molecule has 0 bridgehead atoms. The second kappa shape index (κ2) is 7.20. The summed E-state index contributed by atoms with van der Waals surface area (Å²) in [6, 6.07) is 3.15. The van der Waals surface area contributed by atoms with Crippen LogP contribution in [0.15, 0.2) is 29.3 Å². The highest BCUT2D eigenvalue weighted by Crippen LogP contribution is 1.83. The highest BCUT2D eigenvalue weighted by atomic mass is 16.5. The fourth-order valence-electron chi connectivity index (χ4n) is 1.27. The fourth-order valence-corrected chi connectivity index (χ4v) is 1.27. The first-order valence-corrected chi connectivity index (χ1v) is 5.18. The number of hydrogen-bond donors (Lipinski definition) is 1. The van der Waals surface area contributed by atoms with E-state index in [9.17, 15) is 4.79 Å². The van der Waals surface area contributed by atoms with Gasteiger partial charge in [0.1, 0.15) is 0 Å². The van der Waals surface area contributed by atoms with E-state index in [0.29, 0.717) is 0 Å². The lowest BCUT2D eigenvalue weighted by atomic mass is 10.4. The molecule has 1 aromatic rings. The maximum Gasteiger partial charge on any atom is 0.181 e. The monoisotopic (exact) mass is 210 g/mol. The zero-order valence-corrected chi connectivity index (χ0v) is 9.11. The molecule has 0 aliphatic rings. The van der Waals surface area contributed by atoms with Crippen molar-refractivity contribution in [1.82, 2.24) is 9.88 Å². The minimum absolute atomic E-state index is 0.0549. The first-order valence-electron chi connectivity index (χ1n) is 5.18. The summed E-state index contributed by atoms with van der Waals surface area (Å²) in [7, 11) is 1.71. The smallest absolute Gasteiger partial charge is 0.181 e. The van der Waals surface area contributed by atoms with Gasteiger partial charge in [0.25, 0.3) is 0 Å². The van der Waals surface area contributed by atoms with Crippen LogP contribution in [0, 0.1) is 0 Å². The number of methoxy groups -OCH3 is 1. The molecule has 0 aliphatic heterocycles. The Kier molecular flexibility index (Phi) is 5.73. The summed E-state index contributed by atoms with van der Waals surface area (Å²) >= 11 is 0.